The molecule has 0 aliphatic carbocycles. The number of ether oxygens (including phenoxy) is 1. The van der Waals surface area contributed by atoms with Gasteiger partial charge in [-0.15, -0.1) is 11.6 Å². The van der Waals surface area contributed by atoms with Gasteiger partial charge in [0.25, 0.3) is 0 Å². The lowest BCUT2D eigenvalue weighted by molar-refractivity contribution is -0.132. The topological polar surface area (TPSA) is 29.5 Å². The largest absolute Gasteiger partial charge is 0.379 e. The van der Waals surface area contributed by atoms with Gasteiger partial charge in [-0.25, -0.2) is 0 Å². The average molecular weight is 262 g/mol. The van der Waals surface area contributed by atoms with Gasteiger partial charge in [0, 0.05) is 26.6 Å². The molecule has 0 radical (unpaired) electrons. The van der Waals surface area contributed by atoms with Crippen molar-refractivity contribution in [2.75, 3.05) is 20.2 Å². The summed E-state index contributed by atoms with van der Waals surface area (Å²) in [5.74, 6) is 0.0682. The maximum absolute atomic E-state index is 12.2. The predicted molar refractivity (Wildman–Crippen MR) is 70.4 cm³/mol. The number of hydrogen-bond acceptors (Lipinski definition) is 2. The van der Waals surface area contributed by atoms with Gasteiger partial charge >= 0.3 is 0 Å². The molecular weight excluding hydrogens is 238 g/mol. The summed E-state index contributed by atoms with van der Waals surface area (Å²) in [4.78, 5) is 14.1. The van der Waals surface area contributed by atoms with E-state index in [9.17, 15) is 4.79 Å². The number of carbonyl (C=O) groups excluding carboxylic acids is 1. The number of likely N-dealkylation sites (tertiary alicyclic amines) is 1. The fourth-order valence-corrected chi connectivity index (χ4v) is 2.60. The first-order valence-corrected chi connectivity index (χ1v) is 6.88. The van der Waals surface area contributed by atoms with Crippen LogP contribution in [0.3, 0.4) is 0 Å². The van der Waals surface area contributed by atoms with Crippen LogP contribution in [0.15, 0.2) is 0 Å². The van der Waals surface area contributed by atoms with E-state index in [0.29, 0.717) is 6.42 Å². The standard InChI is InChI=1S/C13H24ClNO2/c1-13(2,17-3)10-11(14)12(16)15-8-6-4-5-7-9-15/h11H,4-10H2,1-3H3. The van der Waals surface area contributed by atoms with Crippen molar-refractivity contribution in [3.8, 4) is 0 Å². The van der Waals surface area contributed by atoms with E-state index in [0.717, 1.165) is 25.9 Å². The van der Waals surface area contributed by atoms with Gasteiger partial charge in [0.1, 0.15) is 5.38 Å². The Kier molecular flexibility index (Phi) is 5.74. The highest BCUT2D eigenvalue weighted by Gasteiger charge is 2.29. The Labute approximate surface area is 109 Å². The Morgan fingerprint density at radius 3 is 2.29 bits per heavy atom. The van der Waals surface area contributed by atoms with Gasteiger partial charge < -0.3 is 9.64 Å². The normalized spacial score (nSPS) is 19.9. The number of alkyl halides is 1. The van der Waals surface area contributed by atoms with Crippen LogP contribution in [0.25, 0.3) is 0 Å². The molecule has 1 atom stereocenters. The van der Waals surface area contributed by atoms with Crippen molar-refractivity contribution >= 4 is 17.5 Å². The molecule has 0 N–H and O–H groups in total. The smallest absolute Gasteiger partial charge is 0.240 e. The molecule has 17 heavy (non-hydrogen) atoms. The molecule has 1 aliphatic heterocycles. The minimum absolute atomic E-state index is 0.0682. The van der Waals surface area contributed by atoms with Crippen LogP contribution in [-0.2, 0) is 9.53 Å². The van der Waals surface area contributed by atoms with Crippen molar-refractivity contribution < 1.29 is 9.53 Å². The quantitative estimate of drug-likeness (QED) is 0.729. The van der Waals surface area contributed by atoms with E-state index in [2.05, 4.69) is 0 Å². The Hall–Kier alpha value is -0.280. The monoisotopic (exact) mass is 261 g/mol. The van der Waals surface area contributed by atoms with Crippen LogP contribution >= 0.6 is 11.6 Å². The Morgan fingerprint density at radius 2 is 1.82 bits per heavy atom. The highest BCUT2D eigenvalue weighted by molar-refractivity contribution is 6.30. The molecule has 100 valence electrons. The average Bonchev–Trinajstić information content (AvgIpc) is 2.56. The molecule has 1 rings (SSSR count). The summed E-state index contributed by atoms with van der Waals surface area (Å²) in [6, 6.07) is 0. The summed E-state index contributed by atoms with van der Waals surface area (Å²) in [6.07, 6.45) is 5.20. The molecule has 1 amide bonds. The molecule has 0 aromatic rings. The highest BCUT2D eigenvalue weighted by Crippen LogP contribution is 2.21. The summed E-state index contributed by atoms with van der Waals surface area (Å²) < 4.78 is 5.32. The van der Waals surface area contributed by atoms with Crippen LogP contribution < -0.4 is 0 Å². The van der Waals surface area contributed by atoms with E-state index in [4.69, 9.17) is 16.3 Å². The summed E-state index contributed by atoms with van der Waals surface area (Å²) in [7, 11) is 1.65. The maximum Gasteiger partial charge on any atom is 0.240 e. The molecule has 1 aliphatic rings. The van der Waals surface area contributed by atoms with Crippen LogP contribution in [0.4, 0.5) is 0 Å². The first kappa shape index (κ1) is 14.8. The number of hydrogen-bond donors (Lipinski definition) is 0. The van der Waals surface area contributed by atoms with E-state index >= 15 is 0 Å². The molecule has 0 aromatic heterocycles. The number of nitrogens with zero attached hydrogens (tertiary/aromatic N) is 1. The molecule has 4 heteroatoms. The zero-order chi connectivity index (χ0) is 12.9. The minimum atomic E-state index is -0.469. The number of amides is 1. The highest BCUT2D eigenvalue weighted by atomic mass is 35.5. The van der Waals surface area contributed by atoms with Crippen molar-refractivity contribution in [1.82, 2.24) is 4.90 Å². The molecule has 0 spiro atoms. The van der Waals surface area contributed by atoms with E-state index in [1.807, 2.05) is 18.7 Å². The molecule has 1 fully saturated rings. The molecular formula is C13H24ClNO2. The lowest BCUT2D eigenvalue weighted by atomic mass is 10.0. The van der Waals surface area contributed by atoms with E-state index in [1.165, 1.54) is 12.8 Å². The molecule has 1 heterocycles. The molecule has 1 unspecified atom stereocenters. The lowest BCUT2D eigenvalue weighted by Crippen LogP contribution is -2.40. The fraction of sp³-hybridized carbons (Fsp3) is 0.923. The summed E-state index contributed by atoms with van der Waals surface area (Å²) in [5, 5.41) is -0.469. The molecule has 0 saturated carbocycles. The van der Waals surface area contributed by atoms with Crippen LogP contribution in [0.1, 0.15) is 46.0 Å². The second kappa shape index (κ2) is 6.60. The molecule has 1 saturated heterocycles. The predicted octanol–water partition coefficient (Wildman–Crippen LogP) is 2.81. The first-order chi connectivity index (χ1) is 7.96. The van der Waals surface area contributed by atoms with E-state index in [-0.39, 0.29) is 11.5 Å². The number of halogens is 1. The van der Waals surface area contributed by atoms with Gasteiger partial charge in [0.15, 0.2) is 0 Å². The van der Waals surface area contributed by atoms with E-state index < -0.39 is 5.38 Å². The lowest BCUT2D eigenvalue weighted by Gasteiger charge is -2.28. The van der Waals surface area contributed by atoms with Crippen LogP contribution in [-0.4, -0.2) is 42.0 Å². The third-order valence-electron chi connectivity index (χ3n) is 3.41. The first-order valence-electron chi connectivity index (χ1n) is 6.44. The van der Waals surface area contributed by atoms with Gasteiger partial charge in [-0.3, -0.25) is 4.79 Å². The van der Waals surface area contributed by atoms with Crippen molar-refractivity contribution in [3.63, 3.8) is 0 Å². The van der Waals surface area contributed by atoms with Gasteiger partial charge in [0.05, 0.1) is 5.60 Å². The second-order valence-corrected chi connectivity index (χ2v) is 5.90. The fourth-order valence-electron chi connectivity index (χ4n) is 2.09. The Balaban J connectivity index is 2.50. The summed E-state index contributed by atoms with van der Waals surface area (Å²) in [6.45, 7) is 5.63. The van der Waals surface area contributed by atoms with Gasteiger partial charge in [-0.2, -0.15) is 0 Å². The third-order valence-corrected chi connectivity index (χ3v) is 3.75. The van der Waals surface area contributed by atoms with Crippen molar-refractivity contribution in [2.45, 2.75) is 56.9 Å². The van der Waals surface area contributed by atoms with E-state index in [1.54, 1.807) is 7.11 Å². The Bertz CT molecular complexity index is 248. The summed E-state index contributed by atoms with van der Waals surface area (Å²) in [5.41, 5.74) is -0.339. The molecule has 0 bridgehead atoms. The molecule has 0 aromatic carbocycles. The van der Waals surface area contributed by atoms with Crippen molar-refractivity contribution in [1.29, 1.82) is 0 Å². The number of methoxy groups -OCH3 is 1. The van der Waals surface area contributed by atoms with Gasteiger partial charge in [-0.05, 0) is 26.7 Å². The van der Waals surface area contributed by atoms with Crippen LogP contribution in [0, 0.1) is 0 Å². The van der Waals surface area contributed by atoms with Gasteiger partial charge in [-0.1, -0.05) is 12.8 Å². The zero-order valence-electron chi connectivity index (χ0n) is 11.2. The van der Waals surface area contributed by atoms with Crippen LogP contribution in [0.2, 0.25) is 0 Å². The SMILES string of the molecule is COC(C)(C)CC(Cl)C(=O)N1CCCCCC1. The van der Waals surface area contributed by atoms with Crippen molar-refractivity contribution in [3.05, 3.63) is 0 Å². The summed E-state index contributed by atoms with van der Waals surface area (Å²) >= 11 is 6.21. The minimum Gasteiger partial charge on any atom is -0.379 e. The van der Waals surface area contributed by atoms with Crippen LogP contribution in [0.5, 0.6) is 0 Å². The molecule has 3 nitrogen and oxygen atoms in total. The third kappa shape index (κ3) is 4.84. The second-order valence-electron chi connectivity index (χ2n) is 5.37. The number of rotatable bonds is 4. The maximum atomic E-state index is 12.2. The number of carbonyl (C=O) groups is 1. The zero-order valence-corrected chi connectivity index (χ0v) is 11.9. The Morgan fingerprint density at radius 1 is 1.29 bits per heavy atom. The van der Waals surface area contributed by atoms with Crippen molar-refractivity contribution in [2.24, 2.45) is 0 Å². The van der Waals surface area contributed by atoms with Gasteiger partial charge in [0.2, 0.25) is 5.91 Å².